The Kier molecular flexibility index (Phi) is 4.73. The minimum Gasteiger partial charge on any atom is -0.314 e. The zero-order valence-corrected chi connectivity index (χ0v) is 12.2. The second kappa shape index (κ2) is 6.00. The normalized spacial score (nSPS) is 16.6. The van der Waals surface area contributed by atoms with Crippen LogP contribution in [0.3, 0.4) is 0 Å². The van der Waals surface area contributed by atoms with Gasteiger partial charge in [0.15, 0.2) is 0 Å². The molecule has 0 atom stereocenters. The molecule has 2 N–H and O–H groups in total. The molecule has 2 rings (SSSR count). The van der Waals surface area contributed by atoms with E-state index in [1.165, 1.54) is 18.9 Å². The molecular weight excluding hydrogens is 313 g/mol. The second-order valence-corrected chi connectivity index (χ2v) is 7.80. The molecule has 0 aromatic carbocycles. The van der Waals surface area contributed by atoms with E-state index in [0.717, 1.165) is 22.8 Å². The molecule has 1 aliphatic rings. The van der Waals surface area contributed by atoms with Gasteiger partial charge < -0.3 is 5.32 Å². The SMILES string of the molecule is O=S(=O)(NCC(F)(F)F)c1ccc(CCNC2CC2)s1. The van der Waals surface area contributed by atoms with E-state index in [-0.39, 0.29) is 4.21 Å². The largest absolute Gasteiger partial charge is 0.402 e. The van der Waals surface area contributed by atoms with Crippen molar-refractivity contribution in [1.82, 2.24) is 10.0 Å². The van der Waals surface area contributed by atoms with E-state index in [9.17, 15) is 21.6 Å². The van der Waals surface area contributed by atoms with Gasteiger partial charge in [-0.1, -0.05) is 0 Å². The number of nitrogens with one attached hydrogen (secondary N) is 2. The fourth-order valence-corrected chi connectivity index (χ4v) is 3.99. The smallest absolute Gasteiger partial charge is 0.314 e. The van der Waals surface area contributed by atoms with Gasteiger partial charge in [-0.2, -0.15) is 13.2 Å². The van der Waals surface area contributed by atoms with E-state index in [1.54, 1.807) is 10.8 Å². The summed E-state index contributed by atoms with van der Waals surface area (Å²) in [6.45, 7) is -0.799. The van der Waals surface area contributed by atoms with Crippen molar-refractivity contribution in [2.24, 2.45) is 0 Å². The van der Waals surface area contributed by atoms with Crippen molar-refractivity contribution in [2.45, 2.75) is 35.7 Å². The van der Waals surface area contributed by atoms with Crippen LogP contribution in [0.2, 0.25) is 0 Å². The molecule has 0 aliphatic heterocycles. The van der Waals surface area contributed by atoms with Gasteiger partial charge in [0.2, 0.25) is 10.0 Å². The van der Waals surface area contributed by atoms with Gasteiger partial charge in [0.05, 0.1) is 0 Å². The number of hydrogen-bond acceptors (Lipinski definition) is 4. The number of sulfonamides is 1. The molecular formula is C11H15F3N2O2S2. The van der Waals surface area contributed by atoms with Gasteiger partial charge in [-0.25, -0.2) is 13.1 Å². The van der Waals surface area contributed by atoms with E-state index in [2.05, 4.69) is 5.32 Å². The zero-order valence-electron chi connectivity index (χ0n) is 10.5. The highest BCUT2D eigenvalue weighted by Gasteiger charge is 2.30. The first-order valence-corrected chi connectivity index (χ1v) is 8.45. The third kappa shape index (κ3) is 5.04. The summed E-state index contributed by atoms with van der Waals surface area (Å²) in [4.78, 5) is 0.838. The van der Waals surface area contributed by atoms with E-state index >= 15 is 0 Å². The second-order valence-electron chi connectivity index (χ2n) is 4.64. The summed E-state index contributed by atoms with van der Waals surface area (Å²) in [6, 6.07) is 3.56. The van der Waals surface area contributed by atoms with Crippen LogP contribution in [0, 0.1) is 0 Å². The van der Waals surface area contributed by atoms with Crippen LogP contribution in [0.15, 0.2) is 16.3 Å². The predicted octanol–water partition coefficient (Wildman–Crippen LogP) is 1.88. The molecule has 0 bridgehead atoms. The third-order valence-corrected chi connectivity index (χ3v) is 5.78. The molecule has 9 heteroatoms. The number of thiophene rings is 1. The lowest BCUT2D eigenvalue weighted by molar-refractivity contribution is -0.121. The fourth-order valence-electron chi connectivity index (χ4n) is 1.57. The summed E-state index contributed by atoms with van der Waals surface area (Å²) in [5.41, 5.74) is 0. The van der Waals surface area contributed by atoms with Crippen molar-refractivity contribution in [2.75, 3.05) is 13.1 Å². The summed E-state index contributed by atoms with van der Waals surface area (Å²) in [7, 11) is -4.07. The standard InChI is InChI=1S/C11H15F3N2O2S2/c12-11(13,14)7-16-20(17,18)10-4-3-9(19-10)5-6-15-8-1-2-8/h3-4,8,15-16H,1-2,5-7H2. The molecule has 0 spiro atoms. The Morgan fingerprint density at radius 2 is 2.00 bits per heavy atom. The molecule has 0 radical (unpaired) electrons. The van der Waals surface area contributed by atoms with E-state index in [0.29, 0.717) is 12.5 Å². The summed E-state index contributed by atoms with van der Waals surface area (Å²) in [5, 5.41) is 3.29. The molecule has 0 saturated heterocycles. The van der Waals surface area contributed by atoms with Crippen LogP contribution >= 0.6 is 11.3 Å². The van der Waals surface area contributed by atoms with E-state index < -0.39 is 22.7 Å². The Balaban J connectivity index is 1.88. The zero-order chi connectivity index (χ0) is 14.8. The summed E-state index contributed by atoms with van der Waals surface area (Å²) in [5.74, 6) is 0. The van der Waals surface area contributed by atoms with Crippen LogP contribution in [-0.2, 0) is 16.4 Å². The maximum Gasteiger partial charge on any atom is 0.402 e. The maximum absolute atomic E-state index is 12.0. The Labute approximate surface area is 119 Å². The molecule has 0 amide bonds. The summed E-state index contributed by atoms with van der Waals surface area (Å²) < 4.78 is 60.9. The summed E-state index contributed by atoms with van der Waals surface area (Å²) in [6.07, 6.45) is -1.53. The van der Waals surface area contributed by atoms with Gasteiger partial charge in [-0.15, -0.1) is 11.3 Å². The van der Waals surface area contributed by atoms with Crippen molar-refractivity contribution in [1.29, 1.82) is 0 Å². The van der Waals surface area contributed by atoms with Crippen molar-refractivity contribution >= 4 is 21.4 Å². The van der Waals surface area contributed by atoms with Crippen molar-refractivity contribution in [3.05, 3.63) is 17.0 Å². The highest BCUT2D eigenvalue weighted by molar-refractivity contribution is 7.91. The highest BCUT2D eigenvalue weighted by Crippen LogP contribution is 2.23. The van der Waals surface area contributed by atoms with Gasteiger partial charge in [-0.3, -0.25) is 0 Å². The average molecular weight is 328 g/mol. The van der Waals surface area contributed by atoms with Gasteiger partial charge in [0.1, 0.15) is 10.8 Å². The van der Waals surface area contributed by atoms with E-state index in [1.807, 2.05) is 0 Å². The summed E-state index contributed by atoms with van der Waals surface area (Å²) >= 11 is 1.00. The fraction of sp³-hybridized carbons (Fsp3) is 0.636. The number of alkyl halides is 3. The first-order chi connectivity index (χ1) is 9.26. The van der Waals surface area contributed by atoms with Crippen molar-refractivity contribution in [3.63, 3.8) is 0 Å². The molecule has 20 heavy (non-hydrogen) atoms. The first kappa shape index (κ1) is 15.7. The lowest BCUT2D eigenvalue weighted by Gasteiger charge is -2.07. The molecule has 4 nitrogen and oxygen atoms in total. The van der Waals surface area contributed by atoms with Crippen LogP contribution in [-0.4, -0.2) is 33.7 Å². The quantitative estimate of drug-likeness (QED) is 0.803. The van der Waals surface area contributed by atoms with Crippen molar-refractivity contribution in [3.8, 4) is 0 Å². The van der Waals surface area contributed by atoms with Gasteiger partial charge in [0, 0.05) is 17.5 Å². The Bertz CT molecular complexity index is 550. The van der Waals surface area contributed by atoms with Crippen molar-refractivity contribution < 1.29 is 21.6 Å². The van der Waals surface area contributed by atoms with Gasteiger partial charge in [-0.05, 0) is 31.4 Å². The molecule has 1 aromatic rings. The van der Waals surface area contributed by atoms with E-state index in [4.69, 9.17) is 0 Å². The number of hydrogen-bond donors (Lipinski definition) is 2. The Morgan fingerprint density at radius 1 is 1.30 bits per heavy atom. The molecule has 1 saturated carbocycles. The Morgan fingerprint density at radius 3 is 2.60 bits per heavy atom. The minimum atomic E-state index is -4.55. The number of halogens is 3. The molecule has 0 unspecified atom stereocenters. The maximum atomic E-state index is 12.0. The Hall–Kier alpha value is -0.640. The molecule has 114 valence electrons. The average Bonchev–Trinajstić information content (AvgIpc) is 3.02. The lowest BCUT2D eigenvalue weighted by Crippen LogP contribution is -2.33. The van der Waals surface area contributed by atoms with Crippen LogP contribution in [0.4, 0.5) is 13.2 Å². The topological polar surface area (TPSA) is 58.2 Å². The molecule has 1 heterocycles. The van der Waals surface area contributed by atoms with Gasteiger partial charge in [0.25, 0.3) is 0 Å². The monoisotopic (exact) mass is 328 g/mol. The lowest BCUT2D eigenvalue weighted by atomic mass is 10.3. The van der Waals surface area contributed by atoms with Crippen LogP contribution in [0.5, 0.6) is 0 Å². The first-order valence-electron chi connectivity index (χ1n) is 6.15. The number of rotatable bonds is 7. The third-order valence-electron chi connectivity index (χ3n) is 2.75. The molecule has 1 aromatic heterocycles. The predicted molar refractivity (Wildman–Crippen MR) is 70.3 cm³/mol. The minimum absolute atomic E-state index is 0.0804. The molecule has 1 aliphatic carbocycles. The molecule has 1 fully saturated rings. The van der Waals surface area contributed by atoms with Crippen LogP contribution in [0.25, 0.3) is 0 Å². The van der Waals surface area contributed by atoms with Gasteiger partial charge >= 0.3 is 6.18 Å². The van der Waals surface area contributed by atoms with Crippen LogP contribution in [0.1, 0.15) is 17.7 Å². The highest BCUT2D eigenvalue weighted by atomic mass is 32.2. The van der Waals surface area contributed by atoms with Crippen LogP contribution < -0.4 is 10.0 Å².